The third-order valence-corrected chi connectivity index (χ3v) is 5.38. The number of carboxylic acids is 1. The molecule has 0 bridgehead atoms. The molecule has 9 heteroatoms. The van der Waals surface area contributed by atoms with Gasteiger partial charge in [0.15, 0.2) is 17.3 Å². The van der Waals surface area contributed by atoms with Crippen molar-refractivity contribution in [1.29, 1.82) is 0 Å². The molecular formula is C26H22N2O7. The van der Waals surface area contributed by atoms with Crippen LogP contribution in [0.2, 0.25) is 0 Å². The van der Waals surface area contributed by atoms with E-state index in [9.17, 15) is 19.8 Å². The van der Waals surface area contributed by atoms with Crippen LogP contribution in [0.3, 0.4) is 0 Å². The molecule has 1 heterocycles. The second-order valence-electron chi connectivity index (χ2n) is 7.78. The van der Waals surface area contributed by atoms with Crippen LogP contribution >= 0.6 is 0 Å². The van der Waals surface area contributed by atoms with Gasteiger partial charge in [-0.15, -0.1) is 0 Å². The summed E-state index contributed by atoms with van der Waals surface area (Å²) in [4.78, 5) is 23.3. The zero-order valence-electron chi connectivity index (χ0n) is 18.6. The minimum Gasteiger partial charge on any atom is -0.504 e. The van der Waals surface area contributed by atoms with Crippen molar-refractivity contribution >= 4 is 17.7 Å². The smallest absolute Gasteiger partial charge is 0.412 e. The number of carbonyl (C=O) groups excluding carboxylic acids is 1. The topological polar surface area (TPSA) is 142 Å². The van der Waals surface area contributed by atoms with E-state index in [4.69, 9.17) is 14.4 Å². The molecule has 1 unspecified atom stereocenters. The molecule has 0 radical (unpaired) electrons. The predicted octanol–water partition coefficient (Wildman–Crippen LogP) is 5.36. The van der Waals surface area contributed by atoms with Gasteiger partial charge in [0.05, 0.1) is 18.2 Å². The molecule has 9 nitrogen and oxygen atoms in total. The Balaban J connectivity index is 1.53. The summed E-state index contributed by atoms with van der Waals surface area (Å²) < 4.78 is 10.6. The molecule has 4 aromatic rings. The van der Waals surface area contributed by atoms with E-state index in [1.165, 1.54) is 12.3 Å². The maximum Gasteiger partial charge on any atom is 0.412 e. The lowest BCUT2D eigenvalue weighted by atomic mass is 9.99. The van der Waals surface area contributed by atoms with Gasteiger partial charge in [0.1, 0.15) is 11.8 Å². The van der Waals surface area contributed by atoms with Crippen LogP contribution in [0.25, 0.3) is 22.5 Å². The maximum atomic E-state index is 12.4. The van der Waals surface area contributed by atoms with E-state index in [1.54, 1.807) is 37.3 Å². The number of anilines is 1. The van der Waals surface area contributed by atoms with Crippen molar-refractivity contribution < 1.29 is 34.2 Å². The molecule has 0 spiro atoms. The summed E-state index contributed by atoms with van der Waals surface area (Å²) in [5.74, 6) is -1.79. The van der Waals surface area contributed by atoms with Gasteiger partial charge < -0.3 is 24.6 Å². The lowest BCUT2D eigenvalue weighted by Gasteiger charge is -2.14. The number of carboxylic acid groups (broad SMARTS) is 1. The maximum absolute atomic E-state index is 12.4. The number of nitrogens with one attached hydrogen (secondary N) is 1. The number of aliphatic carboxylic acids is 1. The fraction of sp³-hybridized carbons (Fsp3) is 0.115. The normalized spacial score (nSPS) is 11.6. The van der Waals surface area contributed by atoms with E-state index in [0.717, 1.165) is 5.56 Å². The van der Waals surface area contributed by atoms with Gasteiger partial charge in [-0.1, -0.05) is 59.8 Å². The van der Waals surface area contributed by atoms with Gasteiger partial charge in [-0.3, -0.25) is 10.1 Å². The molecule has 4 rings (SSSR count). The highest BCUT2D eigenvalue weighted by molar-refractivity contribution is 5.92. The van der Waals surface area contributed by atoms with E-state index in [0.29, 0.717) is 16.7 Å². The molecule has 1 amide bonds. The number of amides is 1. The molecule has 1 aromatic heterocycles. The Labute approximate surface area is 200 Å². The standard InChI is InChI=1S/C26H22N2O7/c1-15(17-5-3-2-4-6-17)34-26(33)28-21-14-27-35-25(21)20-12-11-19(23(31)24(20)32)18-9-7-16(8-10-18)13-22(29)30/h2-12,14-15,31-32H,13H2,1H3,(H,28,33)(H,29,30). The first kappa shape index (κ1) is 23.4. The highest BCUT2D eigenvalue weighted by atomic mass is 16.6. The Kier molecular flexibility index (Phi) is 6.68. The summed E-state index contributed by atoms with van der Waals surface area (Å²) in [5.41, 5.74) is 2.59. The summed E-state index contributed by atoms with van der Waals surface area (Å²) in [6.45, 7) is 1.74. The molecule has 0 aliphatic rings. The highest BCUT2D eigenvalue weighted by Crippen LogP contribution is 2.45. The number of rotatable bonds is 7. The zero-order chi connectivity index (χ0) is 24.9. The second kappa shape index (κ2) is 10.0. The van der Waals surface area contributed by atoms with Crippen LogP contribution in [0.4, 0.5) is 10.5 Å². The number of carbonyl (C=O) groups is 2. The van der Waals surface area contributed by atoms with Gasteiger partial charge in [0.2, 0.25) is 0 Å². The molecule has 35 heavy (non-hydrogen) atoms. The van der Waals surface area contributed by atoms with E-state index >= 15 is 0 Å². The Hall–Kier alpha value is -4.79. The number of aromatic nitrogens is 1. The molecule has 178 valence electrons. The number of hydrogen-bond donors (Lipinski definition) is 4. The van der Waals surface area contributed by atoms with Crippen molar-refractivity contribution in [2.45, 2.75) is 19.4 Å². The molecule has 0 aliphatic heterocycles. The lowest BCUT2D eigenvalue weighted by Crippen LogP contribution is -2.16. The monoisotopic (exact) mass is 474 g/mol. The van der Waals surface area contributed by atoms with Crippen LogP contribution < -0.4 is 5.32 Å². The number of hydrogen-bond acceptors (Lipinski definition) is 7. The molecule has 1 atom stereocenters. The van der Waals surface area contributed by atoms with Crippen LogP contribution in [0.15, 0.2) is 77.4 Å². The van der Waals surface area contributed by atoms with E-state index in [-0.39, 0.29) is 23.4 Å². The predicted molar refractivity (Wildman–Crippen MR) is 127 cm³/mol. The molecule has 0 saturated heterocycles. The number of nitrogens with zero attached hydrogens (tertiary/aromatic N) is 1. The quantitative estimate of drug-likeness (QED) is 0.262. The number of benzene rings is 3. The summed E-state index contributed by atoms with van der Waals surface area (Å²) in [6, 6.07) is 18.9. The van der Waals surface area contributed by atoms with Gasteiger partial charge in [-0.2, -0.15) is 0 Å². The van der Waals surface area contributed by atoms with Gasteiger partial charge in [0, 0.05) is 5.56 Å². The second-order valence-corrected chi connectivity index (χ2v) is 7.78. The highest BCUT2D eigenvalue weighted by Gasteiger charge is 2.22. The van der Waals surface area contributed by atoms with Crippen LogP contribution in [0.5, 0.6) is 11.5 Å². The van der Waals surface area contributed by atoms with Gasteiger partial charge in [-0.05, 0) is 35.7 Å². The van der Waals surface area contributed by atoms with E-state index < -0.39 is 29.7 Å². The van der Waals surface area contributed by atoms with Crippen molar-refractivity contribution in [1.82, 2.24) is 5.16 Å². The average Bonchev–Trinajstić information content (AvgIpc) is 3.29. The molecule has 0 saturated carbocycles. The number of phenolic OH excluding ortho intramolecular Hbond substituents is 2. The molecule has 0 fully saturated rings. The Bertz CT molecular complexity index is 1350. The lowest BCUT2D eigenvalue weighted by molar-refractivity contribution is -0.136. The summed E-state index contributed by atoms with van der Waals surface area (Å²) >= 11 is 0. The van der Waals surface area contributed by atoms with Crippen molar-refractivity contribution in [3.05, 3.63) is 84.1 Å². The van der Waals surface area contributed by atoms with E-state index in [2.05, 4.69) is 10.5 Å². The average molecular weight is 474 g/mol. The van der Waals surface area contributed by atoms with Crippen molar-refractivity contribution in [3.8, 4) is 33.9 Å². The minimum atomic E-state index is -0.947. The third-order valence-electron chi connectivity index (χ3n) is 5.38. The Morgan fingerprint density at radius 3 is 2.31 bits per heavy atom. The van der Waals surface area contributed by atoms with Gasteiger partial charge >= 0.3 is 12.1 Å². The largest absolute Gasteiger partial charge is 0.504 e. The van der Waals surface area contributed by atoms with Crippen LogP contribution in [-0.2, 0) is 16.0 Å². The van der Waals surface area contributed by atoms with E-state index in [1.807, 2.05) is 30.3 Å². The van der Waals surface area contributed by atoms with Crippen molar-refractivity contribution in [3.63, 3.8) is 0 Å². The minimum absolute atomic E-state index is 0.0328. The molecular weight excluding hydrogens is 452 g/mol. The molecule has 3 aromatic carbocycles. The SMILES string of the molecule is CC(OC(=O)Nc1cnoc1-c1ccc(-c2ccc(CC(=O)O)cc2)c(O)c1O)c1ccccc1. The zero-order valence-corrected chi connectivity index (χ0v) is 18.6. The summed E-state index contributed by atoms with van der Waals surface area (Å²) in [5, 5.41) is 36.5. The van der Waals surface area contributed by atoms with Crippen LogP contribution in [0, 0.1) is 0 Å². The summed E-state index contributed by atoms with van der Waals surface area (Å²) in [7, 11) is 0. The summed E-state index contributed by atoms with van der Waals surface area (Å²) in [6.07, 6.45) is -0.106. The molecule has 4 N–H and O–H groups in total. The Morgan fingerprint density at radius 1 is 0.971 bits per heavy atom. The fourth-order valence-electron chi connectivity index (χ4n) is 3.59. The third kappa shape index (κ3) is 5.25. The van der Waals surface area contributed by atoms with Crippen molar-refractivity contribution in [2.24, 2.45) is 0 Å². The number of ether oxygens (including phenoxy) is 1. The first-order valence-corrected chi connectivity index (χ1v) is 10.7. The fourth-order valence-corrected chi connectivity index (χ4v) is 3.59. The van der Waals surface area contributed by atoms with Gasteiger partial charge in [0.25, 0.3) is 0 Å². The van der Waals surface area contributed by atoms with Crippen molar-refractivity contribution in [2.75, 3.05) is 5.32 Å². The first-order valence-electron chi connectivity index (χ1n) is 10.7. The Morgan fingerprint density at radius 2 is 1.63 bits per heavy atom. The molecule has 0 aliphatic carbocycles. The van der Waals surface area contributed by atoms with Crippen LogP contribution in [0.1, 0.15) is 24.2 Å². The van der Waals surface area contributed by atoms with Gasteiger partial charge in [-0.25, -0.2) is 4.79 Å². The van der Waals surface area contributed by atoms with Crippen LogP contribution in [-0.4, -0.2) is 32.5 Å². The number of phenols is 2. The number of aromatic hydroxyl groups is 2. The first-order chi connectivity index (χ1) is 16.8.